The number of halogens is 1. The molecule has 0 radical (unpaired) electrons. The van der Waals surface area contributed by atoms with E-state index in [4.69, 9.17) is 11.6 Å². The minimum atomic E-state index is 0.0631. The van der Waals surface area contributed by atoms with Crippen LogP contribution in [0.4, 0.5) is 0 Å². The Bertz CT molecular complexity index is 786. The van der Waals surface area contributed by atoms with E-state index in [1.54, 1.807) is 28.9 Å². The highest BCUT2D eigenvalue weighted by Crippen LogP contribution is 2.20. The molecule has 0 aliphatic rings. The van der Waals surface area contributed by atoms with Crippen molar-refractivity contribution < 1.29 is 4.79 Å². The van der Waals surface area contributed by atoms with Gasteiger partial charge in [-0.2, -0.15) is 0 Å². The van der Waals surface area contributed by atoms with Crippen molar-refractivity contribution in [2.24, 2.45) is 0 Å². The number of carbonyl (C=O) groups is 1. The van der Waals surface area contributed by atoms with Gasteiger partial charge >= 0.3 is 0 Å². The van der Waals surface area contributed by atoms with Crippen LogP contribution >= 0.6 is 11.6 Å². The fraction of sp³-hybridized carbons (Fsp3) is 0.125. The SMILES string of the molecule is O=C(CCn1nnnc1-c1cccc(Cl)c1)c1ccccc1. The lowest BCUT2D eigenvalue weighted by atomic mass is 10.1. The van der Waals surface area contributed by atoms with Crippen LogP contribution in [-0.4, -0.2) is 26.0 Å². The molecule has 110 valence electrons. The van der Waals surface area contributed by atoms with Gasteiger partial charge in [-0.05, 0) is 22.6 Å². The normalized spacial score (nSPS) is 10.6. The highest BCUT2D eigenvalue weighted by Gasteiger charge is 2.11. The molecule has 3 aromatic rings. The molecule has 2 aromatic carbocycles. The molecule has 0 unspecified atom stereocenters. The van der Waals surface area contributed by atoms with E-state index in [-0.39, 0.29) is 5.78 Å². The fourth-order valence-corrected chi connectivity index (χ4v) is 2.36. The maximum absolute atomic E-state index is 12.1. The summed E-state index contributed by atoms with van der Waals surface area (Å²) in [4.78, 5) is 12.1. The molecule has 0 aliphatic carbocycles. The van der Waals surface area contributed by atoms with E-state index in [1.807, 2.05) is 30.3 Å². The summed E-state index contributed by atoms with van der Waals surface area (Å²) < 4.78 is 1.62. The third kappa shape index (κ3) is 3.20. The number of nitrogens with zero attached hydrogens (tertiary/aromatic N) is 4. The molecule has 0 saturated carbocycles. The van der Waals surface area contributed by atoms with Gasteiger partial charge in [0.2, 0.25) is 0 Å². The van der Waals surface area contributed by atoms with Crippen molar-refractivity contribution in [3.05, 3.63) is 65.2 Å². The van der Waals surface area contributed by atoms with Gasteiger partial charge in [-0.25, -0.2) is 4.68 Å². The summed E-state index contributed by atoms with van der Waals surface area (Å²) in [6.45, 7) is 0.419. The van der Waals surface area contributed by atoms with E-state index in [2.05, 4.69) is 15.5 Å². The highest BCUT2D eigenvalue weighted by molar-refractivity contribution is 6.30. The van der Waals surface area contributed by atoms with E-state index < -0.39 is 0 Å². The van der Waals surface area contributed by atoms with Crippen LogP contribution in [0, 0.1) is 0 Å². The lowest BCUT2D eigenvalue weighted by molar-refractivity contribution is 0.0975. The van der Waals surface area contributed by atoms with Gasteiger partial charge < -0.3 is 0 Å². The Balaban J connectivity index is 1.75. The minimum absolute atomic E-state index is 0.0631. The first kappa shape index (κ1) is 14.4. The number of aromatic nitrogens is 4. The monoisotopic (exact) mass is 312 g/mol. The van der Waals surface area contributed by atoms with Crippen LogP contribution in [0.15, 0.2) is 54.6 Å². The molecule has 0 saturated heterocycles. The lowest BCUT2D eigenvalue weighted by Crippen LogP contribution is -2.08. The molecule has 0 N–H and O–H groups in total. The van der Waals surface area contributed by atoms with E-state index in [1.165, 1.54) is 0 Å². The summed E-state index contributed by atoms with van der Waals surface area (Å²) >= 11 is 5.99. The smallest absolute Gasteiger partial charge is 0.182 e. The quantitative estimate of drug-likeness (QED) is 0.678. The third-order valence-electron chi connectivity index (χ3n) is 3.26. The first-order chi connectivity index (χ1) is 10.7. The van der Waals surface area contributed by atoms with Gasteiger partial charge in [0.05, 0.1) is 6.54 Å². The Morgan fingerprint density at radius 1 is 1.09 bits per heavy atom. The number of Topliss-reactive ketones (excluding diaryl/α,β-unsaturated/α-hetero) is 1. The first-order valence-electron chi connectivity index (χ1n) is 6.84. The Hall–Kier alpha value is -2.53. The average Bonchev–Trinajstić information content (AvgIpc) is 3.02. The molecule has 0 spiro atoms. The first-order valence-corrected chi connectivity index (χ1v) is 7.22. The maximum atomic E-state index is 12.1. The summed E-state index contributed by atoms with van der Waals surface area (Å²) in [5.41, 5.74) is 1.52. The van der Waals surface area contributed by atoms with Gasteiger partial charge in [-0.15, -0.1) is 5.10 Å². The van der Waals surface area contributed by atoms with Crippen molar-refractivity contribution in [2.45, 2.75) is 13.0 Å². The number of benzene rings is 2. The van der Waals surface area contributed by atoms with Crippen LogP contribution in [0.2, 0.25) is 5.02 Å². The van der Waals surface area contributed by atoms with Crippen molar-refractivity contribution in [3.8, 4) is 11.4 Å². The maximum Gasteiger partial charge on any atom is 0.182 e. The molecule has 3 rings (SSSR count). The number of hydrogen-bond donors (Lipinski definition) is 0. The van der Waals surface area contributed by atoms with Crippen LogP contribution in [-0.2, 0) is 6.54 Å². The van der Waals surface area contributed by atoms with Crippen molar-refractivity contribution in [1.82, 2.24) is 20.2 Å². The van der Waals surface area contributed by atoms with Gasteiger partial charge in [-0.1, -0.05) is 54.1 Å². The Morgan fingerprint density at radius 2 is 1.91 bits per heavy atom. The third-order valence-corrected chi connectivity index (χ3v) is 3.50. The number of carbonyl (C=O) groups excluding carboxylic acids is 1. The molecule has 0 fully saturated rings. The van der Waals surface area contributed by atoms with Crippen LogP contribution in [0.3, 0.4) is 0 Å². The predicted molar refractivity (Wildman–Crippen MR) is 83.7 cm³/mol. The van der Waals surface area contributed by atoms with E-state index in [0.29, 0.717) is 29.4 Å². The Kier molecular flexibility index (Phi) is 4.25. The van der Waals surface area contributed by atoms with Crippen molar-refractivity contribution >= 4 is 17.4 Å². The van der Waals surface area contributed by atoms with Gasteiger partial charge in [0, 0.05) is 22.6 Å². The zero-order chi connectivity index (χ0) is 15.4. The summed E-state index contributed by atoms with van der Waals surface area (Å²) in [6.07, 6.45) is 0.336. The van der Waals surface area contributed by atoms with E-state index in [0.717, 1.165) is 5.56 Å². The van der Waals surface area contributed by atoms with Crippen LogP contribution < -0.4 is 0 Å². The highest BCUT2D eigenvalue weighted by atomic mass is 35.5. The fourth-order valence-electron chi connectivity index (χ4n) is 2.17. The van der Waals surface area contributed by atoms with Crippen LogP contribution in [0.1, 0.15) is 16.8 Å². The second-order valence-corrected chi connectivity index (χ2v) is 5.21. The Morgan fingerprint density at radius 3 is 2.68 bits per heavy atom. The molecular weight excluding hydrogens is 300 g/mol. The molecule has 22 heavy (non-hydrogen) atoms. The van der Waals surface area contributed by atoms with Gasteiger partial charge in [-0.3, -0.25) is 4.79 Å². The topological polar surface area (TPSA) is 60.7 Å². The predicted octanol–water partition coefficient (Wildman–Crippen LogP) is 3.27. The second-order valence-electron chi connectivity index (χ2n) is 4.78. The average molecular weight is 313 g/mol. The molecule has 0 bridgehead atoms. The molecule has 6 heteroatoms. The summed E-state index contributed by atoms with van der Waals surface area (Å²) in [5, 5.41) is 12.3. The molecule has 5 nitrogen and oxygen atoms in total. The lowest BCUT2D eigenvalue weighted by Gasteiger charge is -2.05. The molecule has 0 aliphatic heterocycles. The van der Waals surface area contributed by atoms with Crippen molar-refractivity contribution in [2.75, 3.05) is 0 Å². The van der Waals surface area contributed by atoms with Gasteiger partial charge in [0.15, 0.2) is 11.6 Å². The zero-order valence-electron chi connectivity index (χ0n) is 11.7. The second kappa shape index (κ2) is 6.49. The standard InChI is InChI=1S/C16H13ClN4O/c17-14-8-4-7-13(11-14)16-18-19-20-21(16)10-9-15(22)12-5-2-1-3-6-12/h1-8,11H,9-10H2. The van der Waals surface area contributed by atoms with Crippen LogP contribution in [0.5, 0.6) is 0 Å². The van der Waals surface area contributed by atoms with Crippen molar-refractivity contribution in [3.63, 3.8) is 0 Å². The molecule has 1 heterocycles. The van der Waals surface area contributed by atoms with E-state index >= 15 is 0 Å². The number of ketones is 1. The molecule has 0 amide bonds. The van der Waals surface area contributed by atoms with Crippen molar-refractivity contribution in [1.29, 1.82) is 0 Å². The largest absolute Gasteiger partial charge is 0.294 e. The minimum Gasteiger partial charge on any atom is -0.294 e. The van der Waals surface area contributed by atoms with Gasteiger partial charge in [0.25, 0.3) is 0 Å². The zero-order valence-corrected chi connectivity index (χ0v) is 12.4. The molecule has 0 atom stereocenters. The summed E-state index contributed by atoms with van der Waals surface area (Å²) in [7, 11) is 0. The number of rotatable bonds is 5. The Labute approximate surface area is 132 Å². The number of aryl methyl sites for hydroxylation is 1. The number of hydrogen-bond acceptors (Lipinski definition) is 4. The molecular formula is C16H13ClN4O. The van der Waals surface area contributed by atoms with Crippen LogP contribution in [0.25, 0.3) is 11.4 Å². The summed E-state index contributed by atoms with van der Waals surface area (Å²) in [5.74, 6) is 0.663. The number of tetrazole rings is 1. The summed E-state index contributed by atoms with van der Waals surface area (Å²) in [6, 6.07) is 16.5. The van der Waals surface area contributed by atoms with E-state index in [9.17, 15) is 4.79 Å². The molecule has 1 aromatic heterocycles. The van der Waals surface area contributed by atoms with Gasteiger partial charge in [0.1, 0.15) is 0 Å².